The van der Waals surface area contributed by atoms with Gasteiger partial charge in [-0.05, 0) is 48.7 Å². The second-order valence-electron chi connectivity index (χ2n) is 4.39. The Labute approximate surface area is 131 Å². The molecule has 0 radical (unpaired) electrons. The average Bonchev–Trinajstić information content (AvgIpc) is 3.00. The highest BCUT2D eigenvalue weighted by Crippen LogP contribution is 2.28. The van der Waals surface area contributed by atoms with Crippen LogP contribution < -0.4 is 5.73 Å². The van der Waals surface area contributed by atoms with Crippen molar-refractivity contribution in [2.45, 2.75) is 4.90 Å². The van der Waals surface area contributed by atoms with Crippen LogP contribution in [-0.2, 0) is 0 Å². The highest BCUT2D eigenvalue weighted by molar-refractivity contribution is 7.98. The van der Waals surface area contributed by atoms with Gasteiger partial charge in [-0.25, -0.2) is 0 Å². The van der Waals surface area contributed by atoms with Crippen LogP contribution >= 0.6 is 23.4 Å². The number of hydrogen-bond donors (Lipinski definition) is 1. The largest absolute Gasteiger partial charge is 0.398 e. The second-order valence-corrected chi connectivity index (χ2v) is 5.67. The molecule has 0 saturated carbocycles. The van der Waals surface area contributed by atoms with Crippen LogP contribution in [0.5, 0.6) is 0 Å². The Kier molecular flexibility index (Phi) is 3.86. The topological polar surface area (TPSA) is 64.9 Å². The van der Waals surface area contributed by atoms with Crippen LogP contribution in [-0.4, -0.2) is 16.4 Å². The van der Waals surface area contributed by atoms with Crippen molar-refractivity contribution in [3.63, 3.8) is 0 Å². The first-order valence-electron chi connectivity index (χ1n) is 6.21. The molecule has 0 atom stereocenters. The van der Waals surface area contributed by atoms with Crippen molar-refractivity contribution < 1.29 is 4.52 Å². The van der Waals surface area contributed by atoms with Crippen LogP contribution in [0.1, 0.15) is 0 Å². The van der Waals surface area contributed by atoms with Crippen LogP contribution in [0.25, 0.3) is 22.8 Å². The van der Waals surface area contributed by atoms with E-state index in [1.165, 1.54) is 4.90 Å². The molecule has 3 aromatic rings. The van der Waals surface area contributed by atoms with Gasteiger partial charge < -0.3 is 10.3 Å². The fourth-order valence-corrected chi connectivity index (χ4v) is 2.40. The van der Waals surface area contributed by atoms with E-state index in [1.54, 1.807) is 30.0 Å². The van der Waals surface area contributed by atoms with E-state index >= 15 is 0 Å². The highest BCUT2D eigenvalue weighted by Gasteiger charge is 2.11. The highest BCUT2D eigenvalue weighted by atomic mass is 35.5. The van der Waals surface area contributed by atoms with Crippen molar-refractivity contribution >= 4 is 29.1 Å². The van der Waals surface area contributed by atoms with E-state index in [0.29, 0.717) is 22.4 Å². The Morgan fingerprint density at radius 2 is 1.81 bits per heavy atom. The van der Waals surface area contributed by atoms with Crippen LogP contribution in [0.2, 0.25) is 5.02 Å². The van der Waals surface area contributed by atoms with Crippen molar-refractivity contribution in [3.05, 3.63) is 47.5 Å². The molecule has 0 amide bonds. The fraction of sp³-hybridized carbons (Fsp3) is 0.0667. The maximum Gasteiger partial charge on any atom is 0.258 e. The maximum atomic E-state index is 5.90. The minimum absolute atomic E-state index is 0.419. The average molecular weight is 318 g/mol. The standard InChI is InChI=1S/C15H12ClN3OS/c1-21-11-5-2-9(3-6-11)14-18-15(20-19-14)10-4-7-12(16)13(17)8-10/h2-8H,17H2,1H3. The van der Waals surface area contributed by atoms with Crippen LogP contribution in [0.3, 0.4) is 0 Å². The molecule has 2 N–H and O–H groups in total. The lowest BCUT2D eigenvalue weighted by molar-refractivity contribution is 0.432. The zero-order valence-electron chi connectivity index (χ0n) is 11.2. The van der Waals surface area contributed by atoms with Crippen molar-refractivity contribution in [3.8, 4) is 22.8 Å². The SMILES string of the molecule is CSc1ccc(-c2noc(-c3ccc(Cl)c(N)c3)n2)cc1. The predicted octanol–water partition coefficient (Wildman–Crippen LogP) is 4.36. The zero-order valence-corrected chi connectivity index (χ0v) is 12.8. The monoisotopic (exact) mass is 317 g/mol. The molecule has 1 heterocycles. The fourth-order valence-electron chi connectivity index (χ4n) is 1.87. The molecule has 0 aliphatic heterocycles. The van der Waals surface area contributed by atoms with E-state index < -0.39 is 0 Å². The van der Waals surface area contributed by atoms with E-state index in [1.807, 2.05) is 30.5 Å². The lowest BCUT2D eigenvalue weighted by Crippen LogP contribution is -1.87. The van der Waals surface area contributed by atoms with Crippen LogP contribution in [0, 0.1) is 0 Å². The van der Waals surface area contributed by atoms with Gasteiger partial charge in [0, 0.05) is 16.0 Å². The smallest absolute Gasteiger partial charge is 0.258 e. The molecular weight excluding hydrogens is 306 g/mol. The zero-order chi connectivity index (χ0) is 14.8. The third-order valence-corrected chi connectivity index (χ3v) is 4.10. The van der Waals surface area contributed by atoms with Gasteiger partial charge in [0.1, 0.15) is 0 Å². The Morgan fingerprint density at radius 1 is 1.10 bits per heavy atom. The number of halogens is 1. The second kappa shape index (κ2) is 5.79. The molecule has 0 bridgehead atoms. The molecule has 2 aromatic carbocycles. The van der Waals surface area contributed by atoms with Crippen LogP contribution in [0.4, 0.5) is 5.69 Å². The normalized spacial score (nSPS) is 10.8. The van der Waals surface area contributed by atoms with Gasteiger partial charge >= 0.3 is 0 Å². The molecule has 0 saturated heterocycles. The summed E-state index contributed by atoms with van der Waals surface area (Å²) in [6.07, 6.45) is 2.03. The minimum atomic E-state index is 0.419. The number of benzene rings is 2. The summed E-state index contributed by atoms with van der Waals surface area (Å²) in [6.45, 7) is 0. The lowest BCUT2D eigenvalue weighted by atomic mass is 10.2. The maximum absolute atomic E-state index is 5.90. The number of hydrogen-bond acceptors (Lipinski definition) is 5. The quantitative estimate of drug-likeness (QED) is 0.574. The van der Waals surface area contributed by atoms with Crippen molar-refractivity contribution in [1.82, 2.24) is 10.1 Å². The predicted molar refractivity (Wildman–Crippen MR) is 86.4 cm³/mol. The molecule has 1 aromatic heterocycles. The molecule has 106 valence electrons. The van der Waals surface area contributed by atoms with Gasteiger partial charge in [-0.3, -0.25) is 0 Å². The van der Waals surface area contributed by atoms with Gasteiger partial charge in [0.05, 0.1) is 10.7 Å². The molecule has 0 aliphatic rings. The Hall–Kier alpha value is -1.98. The third-order valence-electron chi connectivity index (χ3n) is 3.02. The number of aromatic nitrogens is 2. The number of nitrogen functional groups attached to an aromatic ring is 1. The molecular formula is C15H12ClN3OS. The molecule has 3 rings (SSSR count). The lowest BCUT2D eigenvalue weighted by Gasteiger charge is -1.99. The van der Waals surface area contributed by atoms with Crippen molar-refractivity contribution in [2.75, 3.05) is 12.0 Å². The number of thioether (sulfide) groups is 1. The molecule has 6 heteroatoms. The van der Waals surface area contributed by atoms with Gasteiger partial charge in [-0.2, -0.15) is 4.98 Å². The van der Waals surface area contributed by atoms with Gasteiger partial charge in [0.25, 0.3) is 5.89 Å². The summed E-state index contributed by atoms with van der Waals surface area (Å²) in [7, 11) is 0. The van der Waals surface area contributed by atoms with E-state index in [4.69, 9.17) is 21.9 Å². The number of nitrogens with two attached hydrogens (primary N) is 1. The van der Waals surface area contributed by atoms with E-state index in [9.17, 15) is 0 Å². The van der Waals surface area contributed by atoms with Crippen LogP contribution in [0.15, 0.2) is 51.9 Å². The first kappa shape index (κ1) is 14.0. The van der Waals surface area contributed by atoms with E-state index in [2.05, 4.69) is 10.1 Å². The number of rotatable bonds is 3. The van der Waals surface area contributed by atoms with Gasteiger partial charge in [0.15, 0.2) is 0 Å². The van der Waals surface area contributed by atoms with Gasteiger partial charge in [-0.1, -0.05) is 16.8 Å². The number of anilines is 1. The Balaban J connectivity index is 1.93. The molecule has 0 aliphatic carbocycles. The first-order valence-corrected chi connectivity index (χ1v) is 7.81. The summed E-state index contributed by atoms with van der Waals surface area (Å²) in [5.74, 6) is 0.966. The minimum Gasteiger partial charge on any atom is -0.398 e. The molecule has 0 fully saturated rings. The summed E-state index contributed by atoms with van der Waals surface area (Å²) >= 11 is 7.59. The first-order chi connectivity index (χ1) is 10.2. The summed E-state index contributed by atoms with van der Waals surface area (Å²) in [6, 6.07) is 13.2. The molecule has 0 unspecified atom stereocenters. The summed E-state index contributed by atoms with van der Waals surface area (Å²) in [5, 5.41) is 4.51. The molecule has 0 spiro atoms. The van der Waals surface area contributed by atoms with E-state index in [0.717, 1.165) is 11.1 Å². The van der Waals surface area contributed by atoms with Gasteiger partial charge in [-0.15, -0.1) is 11.8 Å². The van der Waals surface area contributed by atoms with Crippen molar-refractivity contribution in [2.24, 2.45) is 0 Å². The summed E-state index contributed by atoms with van der Waals surface area (Å²) < 4.78 is 5.29. The molecule has 4 nitrogen and oxygen atoms in total. The Morgan fingerprint density at radius 3 is 2.48 bits per heavy atom. The van der Waals surface area contributed by atoms with E-state index in [-0.39, 0.29) is 0 Å². The van der Waals surface area contributed by atoms with Crippen molar-refractivity contribution in [1.29, 1.82) is 0 Å². The summed E-state index contributed by atoms with van der Waals surface area (Å²) in [4.78, 5) is 5.58. The third kappa shape index (κ3) is 2.89. The molecule has 21 heavy (non-hydrogen) atoms. The van der Waals surface area contributed by atoms with Gasteiger partial charge in [0.2, 0.25) is 5.82 Å². The number of nitrogens with zero attached hydrogens (tertiary/aromatic N) is 2. The summed E-state index contributed by atoms with van der Waals surface area (Å²) in [5.41, 5.74) is 7.92. The Bertz CT molecular complexity index is 771.